The monoisotopic (exact) mass is 570 g/mol. The number of rotatable bonds is 5. The first-order valence-electron chi connectivity index (χ1n) is 13.3. The molecule has 0 radical (unpaired) electrons. The molecule has 218 valence electrons. The molecule has 0 aromatic carbocycles. The smallest absolute Gasteiger partial charge is 0.312 e. The zero-order chi connectivity index (χ0) is 29.4. The molecule has 2 fully saturated rings. The lowest BCUT2D eigenvalue weighted by Crippen LogP contribution is -2.69. The van der Waals surface area contributed by atoms with Crippen LogP contribution in [0.25, 0.3) is 0 Å². The summed E-state index contributed by atoms with van der Waals surface area (Å²) < 4.78 is 23.1. The van der Waals surface area contributed by atoms with Crippen molar-refractivity contribution in [1.82, 2.24) is 0 Å². The van der Waals surface area contributed by atoms with Gasteiger partial charge < -0.3 is 29.2 Å². The second-order valence-electron chi connectivity index (χ2n) is 11.1. The molecular formula is C28H39ClO10. The molecular weight excluding hydrogens is 532 g/mol. The second kappa shape index (κ2) is 11.6. The molecule has 0 amide bonds. The van der Waals surface area contributed by atoms with Crippen LogP contribution in [-0.4, -0.2) is 75.6 Å². The molecule has 1 saturated heterocycles. The Hall–Kier alpha value is -2.43. The Balaban J connectivity index is 2.38. The largest absolute Gasteiger partial charge is 0.461 e. The molecule has 0 bridgehead atoms. The van der Waals surface area contributed by atoms with Gasteiger partial charge in [0.05, 0.1) is 22.8 Å². The summed E-state index contributed by atoms with van der Waals surface area (Å²) in [6.45, 7) is 13.0. The molecule has 1 unspecified atom stereocenters. The Bertz CT molecular complexity index is 1040. The van der Waals surface area contributed by atoms with E-state index in [-0.39, 0.29) is 18.4 Å². The number of hydrogen-bond acceptors (Lipinski definition) is 10. The van der Waals surface area contributed by atoms with Crippen LogP contribution in [0.3, 0.4) is 0 Å². The van der Waals surface area contributed by atoms with E-state index in [9.17, 15) is 29.4 Å². The summed E-state index contributed by atoms with van der Waals surface area (Å²) >= 11 is 6.70. The van der Waals surface area contributed by atoms with E-state index >= 15 is 0 Å². The number of aliphatic hydroxyl groups excluding tert-OH is 1. The second-order valence-corrected chi connectivity index (χ2v) is 11.6. The zero-order valence-corrected chi connectivity index (χ0v) is 24.0. The van der Waals surface area contributed by atoms with Gasteiger partial charge in [0.2, 0.25) is 0 Å². The van der Waals surface area contributed by atoms with Crippen LogP contribution >= 0.6 is 11.6 Å². The molecule has 11 heteroatoms. The molecule has 1 aliphatic heterocycles. The molecule has 2 aliphatic carbocycles. The molecule has 3 aliphatic rings. The summed E-state index contributed by atoms with van der Waals surface area (Å²) in [5.41, 5.74) is -3.31. The number of aliphatic hydroxyl groups is 2. The maximum atomic E-state index is 12.9. The van der Waals surface area contributed by atoms with Crippen LogP contribution < -0.4 is 0 Å². The number of carbonyl (C=O) groups excluding carboxylic acids is 4. The minimum atomic E-state index is -2.18. The fourth-order valence-electron chi connectivity index (χ4n) is 6.42. The highest BCUT2D eigenvalue weighted by molar-refractivity contribution is 6.23. The molecule has 39 heavy (non-hydrogen) atoms. The Morgan fingerprint density at radius 3 is 2.36 bits per heavy atom. The lowest BCUT2D eigenvalue weighted by molar-refractivity contribution is -0.247. The molecule has 0 aromatic rings. The minimum absolute atomic E-state index is 0.00602. The molecule has 0 spiro atoms. The maximum absolute atomic E-state index is 12.9. The van der Waals surface area contributed by atoms with Crippen LogP contribution in [0.5, 0.6) is 0 Å². The van der Waals surface area contributed by atoms with Crippen LogP contribution in [-0.2, 0) is 38.1 Å². The number of hydrogen-bond donors (Lipinski definition) is 2. The molecule has 3 rings (SSSR count). The van der Waals surface area contributed by atoms with E-state index in [1.807, 2.05) is 6.92 Å². The topological polar surface area (TPSA) is 146 Å². The fourth-order valence-corrected chi connectivity index (χ4v) is 6.75. The van der Waals surface area contributed by atoms with Gasteiger partial charge in [-0.15, -0.1) is 11.6 Å². The van der Waals surface area contributed by atoms with Gasteiger partial charge in [-0.05, 0) is 30.9 Å². The first kappa shape index (κ1) is 31.1. The van der Waals surface area contributed by atoms with Gasteiger partial charge in [0.1, 0.15) is 18.3 Å². The molecule has 0 aromatic heterocycles. The average molecular weight is 571 g/mol. The van der Waals surface area contributed by atoms with Crippen molar-refractivity contribution < 1.29 is 48.3 Å². The molecule has 11 atom stereocenters. The van der Waals surface area contributed by atoms with Gasteiger partial charge in [0.25, 0.3) is 0 Å². The Kier molecular flexibility index (Phi) is 9.24. The third-order valence-corrected chi connectivity index (χ3v) is 9.11. The van der Waals surface area contributed by atoms with Gasteiger partial charge in [-0.3, -0.25) is 19.2 Å². The van der Waals surface area contributed by atoms with E-state index in [1.54, 1.807) is 19.9 Å². The summed E-state index contributed by atoms with van der Waals surface area (Å²) in [5, 5.41) is 22.5. The SMILES string of the molecule is C=C1/C=C\[C@H](OC(C)=O)[C@]2(C)[C@H]([C@@H](C)[C@H](O)C[C@@H]2OC(=O)CCC)[C@H](OC(C)=O)[C@]2(O)C(C)C(=O)O[C@H]2[C@H]1Cl. The first-order valence-corrected chi connectivity index (χ1v) is 13.7. The Morgan fingerprint density at radius 1 is 1.18 bits per heavy atom. The third kappa shape index (κ3) is 5.47. The van der Waals surface area contributed by atoms with E-state index in [4.69, 9.17) is 30.5 Å². The van der Waals surface area contributed by atoms with Crippen LogP contribution in [0, 0.1) is 23.2 Å². The van der Waals surface area contributed by atoms with Crippen molar-refractivity contribution in [2.24, 2.45) is 23.2 Å². The zero-order valence-electron chi connectivity index (χ0n) is 23.2. The van der Waals surface area contributed by atoms with Gasteiger partial charge in [-0.2, -0.15) is 0 Å². The quantitative estimate of drug-likeness (QED) is 0.287. The Labute approximate surface area is 233 Å². The highest BCUT2D eigenvalue weighted by atomic mass is 35.5. The number of ether oxygens (including phenoxy) is 4. The van der Waals surface area contributed by atoms with Crippen LogP contribution in [0.2, 0.25) is 0 Å². The van der Waals surface area contributed by atoms with Crippen molar-refractivity contribution in [2.45, 2.75) is 102 Å². The van der Waals surface area contributed by atoms with E-state index < -0.39 is 88.5 Å². The summed E-state index contributed by atoms with van der Waals surface area (Å²) in [4.78, 5) is 50.5. The van der Waals surface area contributed by atoms with E-state index in [2.05, 4.69) is 6.58 Å². The van der Waals surface area contributed by atoms with Gasteiger partial charge in [0.15, 0.2) is 11.7 Å². The molecule has 2 N–H and O–H groups in total. The first-order chi connectivity index (χ1) is 18.1. The van der Waals surface area contributed by atoms with Gasteiger partial charge in [0, 0.05) is 32.6 Å². The molecule has 1 heterocycles. The van der Waals surface area contributed by atoms with Crippen LogP contribution in [0.1, 0.15) is 60.8 Å². The average Bonchev–Trinajstić information content (AvgIpc) is 3.07. The third-order valence-electron chi connectivity index (χ3n) is 8.60. The summed E-state index contributed by atoms with van der Waals surface area (Å²) in [5.74, 6) is -5.60. The number of carbonyl (C=O) groups is 4. The van der Waals surface area contributed by atoms with Crippen molar-refractivity contribution in [1.29, 1.82) is 0 Å². The van der Waals surface area contributed by atoms with Gasteiger partial charge in [-0.25, -0.2) is 0 Å². The summed E-state index contributed by atoms with van der Waals surface area (Å²) in [7, 11) is 0. The lowest BCUT2D eigenvalue weighted by atomic mass is 9.53. The predicted molar refractivity (Wildman–Crippen MR) is 139 cm³/mol. The standard InChI is InChI=1S/C28H39ClO10/c1-8-9-21(33)38-20-12-18(32)14(3)22-24(37-17(6)31)28(35)15(4)26(34)39-25(28)23(29)13(2)10-11-19(27(20,22)7)36-16(5)30/h10-11,14-15,18-20,22-25,32,35H,2,8-9,12H2,1,3-7H3/b11-10-/t14-,15?,18+,19-,20-,22+,23-,24-,25-,27-,28+/m0/s1. The lowest BCUT2D eigenvalue weighted by Gasteiger charge is -2.57. The highest BCUT2D eigenvalue weighted by Crippen LogP contribution is 2.56. The maximum Gasteiger partial charge on any atom is 0.312 e. The minimum Gasteiger partial charge on any atom is -0.461 e. The van der Waals surface area contributed by atoms with Gasteiger partial charge in [-0.1, -0.05) is 33.4 Å². The van der Waals surface area contributed by atoms with Crippen molar-refractivity contribution in [3.8, 4) is 0 Å². The van der Waals surface area contributed by atoms with Crippen LogP contribution in [0.15, 0.2) is 24.3 Å². The van der Waals surface area contributed by atoms with Crippen molar-refractivity contribution in [3.05, 3.63) is 24.3 Å². The normalized spacial score (nSPS) is 42.8. The van der Waals surface area contributed by atoms with Gasteiger partial charge >= 0.3 is 23.9 Å². The van der Waals surface area contributed by atoms with Crippen molar-refractivity contribution in [2.75, 3.05) is 0 Å². The van der Waals surface area contributed by atoms with E-state index in [0.717, 1.165) is 6.92 Å². The number of alkyl halides is 1. The Morgan fingerprint density at radius 2 is 1.79 bits per heavy atom. The predicted octanol–water partition coefficient (Wildman–Crippen LogP) is 2.61. The highest BCUT2D eigenvalue weighted by Gasteiger charge is 2.70. The molecule has 10 nitrogen and oxygen atoms in total. The number of halogens is 1. The van der Waals surface area contributed by atoms with E-state index in [0.29, 0.717) is 6.42 Å². The van der Waals surface area contributed by atoms with E-state index in [1.165, 1.54) is 19.9 Å². The number of allylic oxidation sites excluding steroid dienone is 1. The van der Waals surface area contributed by atoms with Crippen molar-refractivity contribution in [3.63, 3.8) is 0 Å². The summed E-state index contributed by atoms with van der Waals surface area (Å²) in [6, 6.07) is 0. The number of fused-ring (bicyclic) bond motifs is 2. The summed E-state index contributed by atoms with van der Waals surface area (Å²) in [6.07, 6.45) is -2.38. The van der Waals surface area contributed by atoms with Crippen LogP contribution in [0.4, 0.5) is 0 Å². The molecule has 1 saturated carbocycles. The fraction of sp³-hybridized carbons (Fsp3) is 0.714. The van der Waals surface area contributed by atoms with Crippen molar-refractivity contribution >= 4 is 35.5 Å². The number of esters is 4.